The van der Waals surface area contributed by atoms with Gasteiger partial charge in [-0.2, -0.15) is 0 Å². The van der Waals surface area contributed by atoms with Gasteiger partial charge in [-0.3, -0.25) is 4.79 Å². The number of likely N-dealkylation sites (N-methyl/N-ethyl adjacent to an activating group) is 1. The summed E-state index contributed by atoms with van der Waals surface area (Å²) in [5.74, 6) is 0.636. The number of hydrogen-bond acceptors (Lipinski definition) is 4. The van der Waals surface area contributed by atoms with Crippen LogP contribution in [0.25, 0.3) is 11.3 Å². The van der Waals surface area contributed by atoms with E-state index in [1.165, 1.54) is 12.3 Å². The van der Waals surface area contributed by atoms with Crippen LogP contribution >= 0.6 is 0 Å². The highest BCUT2D eigenvalue weighted by molar-refractivity contribution is 5.77. The Morgan fingerprint density at radius 3 is 3.08 bits per heavy atom. The number of aryl methyl sites for hydroxylation is 1. The molecule has 0 radical (unpaired) electrons. The summed E-state index contributed by atoms with van der Waals surface area (Å²) in [6, 6.07) is 6.69. The topological polar surface area (TPSA) is 58.4 Å². The second kappa shape index (κ2) is 7.57. The Balaban J connectivity index is 1.59. The van der Waals surface area contributed by atoms with E-state index in [0.29, 0.717) is 30.1 Å². The fourth-order valence-electron chi connectivity index (χ4n) is 3.18. The molecule has 1 aromatic heterocycles. The van der Waals surface area contributed by atoms with Crippen molar-refractivity contribution in [2.75, 3.05) is 20.1 Å². The normalized spacial score (nSPS) is 17.4. The molecule has 1 aliphatic heterocycles. The summed E-state index contributed by atoms with van der Waals surface area (Å²) in [7, 11) is 1.90. The summed E-state index contributed by atoms with van der Waals surface area (Å²) < 4.78 is 19.4. The molecule has 24 heavy (non-hydrogen) atoms. The van der Waals surface area contributed by atoms with E-state index >= 15 is 0 Å². The number of carbonyl (C=O) groups is 1. The first-order valence-electron chi connectivity index (χ1n) is 8.32. The van der Waals surface area contributed by atoms with Crippen molar-refractivity contribution >= 4 is 5.91 Å². The van der Waals surface area contributed by atoms with Gasteiger partial charge < -0.3 is 14.6 Å². The van der Waals surface area contributed by atoms with Crippen molar-refractivity contribution in [3.8, 4) is 11.3 Å². The quantitative estimate of drug-likeness (QED) is 0.884. The SMILES string of the molecule is CNCC1CCCN1C(=O)CCc1ncc(-c2ccccc2F)o1. The first-order chi connectivity index (χ1) is 11.7. The van der Waals surface area contributed by atoms with E-state index < -0.39 is 0 Å². The standard InChI is InChI=1S/C18H22FN3O2/c1-20-11-13-5-4-10-22(13)18(23)9-8-17-21-12-16(24-17)14-6-2-3-7-15(14)19/h2-3,6-7,12-13,20H,4-5,8-11H2,1H3. The van der Waals surface area contributed by atoms with Gasteiger partial charge in [0.05, 0.1) is 11.8 Å². The van der Waals surface area contributed by atoms with Gasteiger partial charge in [-0.15, -0.1) is 0 Å². The van der Waals surface area contributed by atoms with Crippen LogP contribution in [0.4, 0.5) is 4.39 Å². The second-order valence-corrected chi connectivity index (χ2v) is 6.04. The number of nitrogens with one attached hydrogen (secondary N) is 1. The van der Waals surface area contributed by atoms with Crippen LogP contribution < -0.4 is 5.32 Å². The molecule has 1 atom stereocenters. The average molecular weight is 331 g/mol. The molecule has 0 bridgehead atoms. The molecule has 2 aromatic rings. The Morgan fingerprint density at radius 1 is 1.46 bits per heavy atom. The molecule has 128 valence electrons. The summed E-state index contributed by atoms with van der Waals surface area (Å²) in [5.41, 5.74) is 0.385. The van der Waals surface area contributed by atoms with E-state index in [0.717, 1.165) is 25.9 Å². The van der Waals surface area contributed by atoms with Crippen molar-refractivity contribution < 1.29 is 13.6 Å². The van der Waals surface area contributed by atoms with E-state index in [1.807, 2.05) is 11.9 Å². The highest BCUT2D eigenvalue weighted by Crippen LogP contribution is 2.24. The minimum atomic E-state index is -0.344. The fraction of sp³-hybridized carbons (Fsp3) is 0.444. The van der Waals surface area contributed by atoms with Gasteiger partial charge in [-0.05, 0) is 32.0 Å². The first kappa shape index (κ1) is 16.6. The van der Waals surface area contributed by atoms with Crippen LogP contribution in [-0.4, -0.2) is 42.0 Å². The van der Waals surface area contributed by atoms with Gasteiger partial charge >= 0.3 is 0 Å². The predicted octanol–water partition coefficient (Wildman–Crippen LogP) is 2.62. The number of aromatic nitrogens is 1. The van der Waals surface area contributed by atoms with Crippen molar-refractivity contribution in [2.24, 2.45) is 0 Å². The van der Waals surface area contributed by atoms with Crippen molar-refractivity contribution in [2.45, 2.75) is 31.7 Å². The Kier molecular flexibility index (Phi) is 5.25. The minimum absolute atomic E-state index is 0.124. The number of nitrogens with zero attached hydrogens (tertiary/aromatic N) is 2. The first-order valence-corrected chi connectivity index (χ1v) is 8.32. The maximum Gasteiger partial charge on any atom is 0.223 e. The molecule has 2 heterocycles. The smallest absolute Gasteiger partial charge is 0.223 e. The second-order valence-electron chi connectivity index (χ2n) is 6.04. The van der Waals surface area contributed by atoms with Crippen LogP contribution in [0.5, 0.6) is 0 Å². The third-order valence-electron chi connectivity index (χ3n) is 4.38. The molecule has 1 aromatic carbocycles. The zero-order chi connectivity index (χ0) is 16.9. The number of benzene rings is 1. The average Bonchev–Trinajstić information content (AvgIpc) is 3.23. The molecule has 1 amide bonds. The summed E-state index contributed by atoms with van der Waals surface area (Å²) >= 11 is 0. The monoisotopic (exact) mass is 331 g/mol. The van der Waals surface area contributed by atoms with E-state index in [2.05, 4.69) is 10.3 Å². The molecule has 6 heteroatoms. The molecule has 1 aliphatic rings. The van der Waals surface area contributed by atoms with Crippen LogP contribution in [0.1, 0.15) is 25.2 Å². The molecule has 1 fully saturated rings. The number of likely N-dealkylation sites (tertiary alicyclic amines) is 1. The van der Waals surface area contributed by atoms with Gasteiger partial charge in [0.15, 0.2) is 11.7 Å². The maximum absolute atomic E-state index is 13.8. The van der Waals surface area contributed by atoms with Gasteiger partial charge in [-0.1, -0.05) is 12.1 Å². The molecule has 0 aliphatic carbocycles. The van der Waals surface area contributed by atoms with Crippen LogP contribution in [0.3, 0.4) is 0 Å². The molecule has 1 unspecified atom stereocenters. The summed E-state index contributed by atoms with van der Waals surface area (Å²) in [4.78, 5) is 18.5. The lowest BCUT2D eigenvalue weighted by Crippen LogP contribution is -2.40. The van der Waals surface area contributed by atoms with Crippen LogP contribution in [0, 0.1) is 5.82 Å². The van der Waals surface area contributed by atoms with Crippen molar-refractivity contribution in [1.29, 1.82) is 0 Å². The lowest BCUT2D eigenvalue weighted by molar-refractivity contribution is -0.131. The van der Waals surface area contributed by atoms with Crippen molar-refractivity contribution in [3.05, 3.63) is 42.2 Å². The summed E-state index contributed by atoms with van der Waals surface area (Å²) in [6.07, 6.45) is 4.39. The highest BCUT2D eigenvalue weighted by Gasteiger charge is 2.27. The van der Waals surface area contributed by atoms with E-state index in [-0.39, 0.29) is 17.8 Å². The van der Waals surface area contributed by atoms with E-state index in [1.54, 1.807) is 18.2 Å². The number of hydrogen-bond donors (Lipinski definition) is 1. The van der Waals surface area contributed by atoms with E-state index in [9.17, 15) is 9.18 Å². The lowest BCUT2D eigenvalue weighted by Gasteiger charge is -2.24. The summed E-state index contributed by atoms with van der Waals surface area (Å²) in [5, 5.41) is 3.13. The van der Waals surface area contributed by atoms with E-state index in [4.69, 9.17) is 4.42 Å². The maximum atomic E-state index is 13.8. The Bertz CT molecular complexity index is 701. The van der Waals surface area contributed by atoms with Gasteiger partial charge in [0.25, 0.3) is 0 Å². The molecule has 3 rings (SSSR count). The van der Waals surface area contributed by atoms with Crippen molar-refractivity contribution in [1.82, 2.24) is 15.2 Å². The van der Waals surface area contributed by atoms with Gasteiger partial charge in [0.2, 0.25) is 5.91 Å². The molecular weight excluding hydrogens is 309 g/mol. The number of halogens is 1. The molecule has 0 spiro atoms. The zero-order valence-electron chi connectivity index (χ0n) is 13.8. The molecule has 5 nitrogen and oxygen atoms in total. The number of carbonyl (C=O) groups excluding carboxylic acids is 1. The van der Waals surface area contributed by atoms with Gasteiger partial charge in [-0.25, -0.2) is 9.37 Å². The van der Waals surface area contributed by atoms with Crippen LogP contribution in [0.2, 0.25) is 0 Å². The summed E-state index contributed by atoms with van der Waals surface area (Å²) in [6.45, 7) is 1.64. The Hall–Kier alpha value is -2.21. The fourth-order valence-corrected chi connectivity index (χ4v) is 3.18. The third-order valence-corrected chi connectivity index (χ3v) is 4.38. The van der Waals surface area contributed by atoms with Crippen LogP contribution in [-0.2, 0) is 11.2 Å². The predicted molar refractivity (Wildman–Crippen MR) is 88.9 cm³/mol. The zero-order valence-corrected chi connectivity index (χ0v) is 13.8. The Morgan fingerprint density at radius 2 is 2.29 bits per heavy atom. The number of amides is 1. The van der Waals surface area contributed by atoms with Gasteiger partial charge in [0, 0.05) is 32.0 Å². The molecule has 1 N–H and O–H groups in total. The number of rotatable bonds is 6. The minimum Gasteiger partial charge on any atom is -0.441 e. The van der Waals surface area contributed by atoms with Crippen LogP contribution in [0.15, 0.2) is 34.9 Å². The Labute approximate surface area is 140 Å². The molecule has 0 saturated carbocycles. The third kappa shape index (κ3) is 3.64. The van der Waals surface area contributed by atoms with Crippen molar-refractivity contribution in [3.63, 3.8) is 0 Å². The lowest BCUT2D eigenvalue weighted by atomic mass is 10.2. The highest BCUT2D eigenvalue weighted by atomic mass is 19.1. The largest absolute Gasteiger partial charge is 0.441 e. The van der Waals surface area contributed by atoms with Gasteiger partial charge in [0.1, 0.15) is 5.82 Å². The molecular formula is C18H22FN3O2. The molecule has 1 saturated heterocycles. The number of oxazole rings is 1.